The first-order valence-corrected chi connectivity index (χ1v) is 23.6. The Bertz CT molecular complexity index is 2600. The van der Waals surface area contributed by atoms with Crippen LogP contribution in [0.25, 0.3) is 0 Å². The van der Waals surface area contributed by atoms with E-state index in [0.29, 0.717) is 0 Å². The zero-order valence-corrected chi connectivity index (χ0v) is 40.3. The molecule has 0 radical (unpaired) electrons. The molecule has 0 unspecified atom stereocenters. The Kier molecular flexibility index (Phi) is 7.44. The Morgan fingerprint density at radius 1 is 0.328 bits per heavy atom. The van der Waals surface area contributed by atoms with Crippen LogP contribution in [0.4, 0.5) is 34.1 Å². The number of anilines is 6. The number of fused-ring (bicyclic) bond motifs is 8. The van der Waals surface area contributed by atoms with E-state index in [1.54, 1.807) is 0 Å². The van der Waals surface area contributed by atoms with Crippen LogP contribution in [0.5, 0.6) is 0 Å². The zero-order valence-electron chi connectivity index (χ0n) is 40.3. The molecule has 3 heteroatoms. The van der Waals surface area contributed by atoms with Gasteiger partial charge in [0.25, 0.3) is 6.71 Å². The van der Waals surface area contributed by atoms with Crippen LogP contribution in [0.15, 0.2) is 78.9 Å². The second-order valence-corrected chi connectivity index (χ2v) is 26.0. The molecule has 0 spiro atoms. The monoisotopic (exact) mass is 805 g/mol. The molecule has 2 heterocycles. The maximum absolute atomic E-state index is 2.69. The smallest absolute Gasteiger partial charge is 0.252 e. The molecule has 0 fully saturated rings. The Morgan fingerprint density at radius 2 is 0.623 bits per heavy atom. The molecule has 5 aromatic carbocycles. The summed E-state index contributed by atoms with van der Waals surface area (Å²) in [6, 6.07) is 32.9. The van der Waals surface area contributed by atoms with Crippen LogP contribution in [0.3, 0.4) is 0 Å². The fourth-order valence-corrected chi connectivity index (χ4v) is 15.6. The molecule has 2 nitrogen and oxygen atoms in total. The largest absolute Gasteiger partial charge is 0.311 e. The number of rotatable bonds is 2. The van der Waals surface area contributed by atoms with E-state index < -0.39 is 0 Å². The van der Waals surface area contributed by atoms with Gasteiger partial charge in [0.05, 0.1) is 0 Å². The number of nitrogens with zero attached hydrogens (tertiary/aromatic N) is 2. The van der Waals surface area contributed by atoms with Gasteiger partial charge in [-0.2, -0.15) is 0 Å². The van der Waals surface area contributed by atoms with Gasteiger partial charge in [-0.25, -0.2) is 0 Å². The Morgan fingerprint density at radius 3 is 0.967 bits per heavy atom. The third-order valence-corrected chi connectivity index (χ3v) is 17.2. The number of hydrogen-bond donors (Lipinski definition) is 0. The molecule has 4 aliphatic carbocycles. The second-order valence-electron chi connectivity index (χ2n) is 26.0. The summed E-state index contributed by atoms with van der Waals surface area (Å²) in [5, 5.41) is 0. The lowest BCUT2D eigenvalue weighted by Gasteiger charge is -2.45. The van der Waals surface area contributed by atoms with Crippen molar-refractivity contribution in [2.45, 2.75) is 180 Å². The van der Waals surface area contributed by atoms with Crippen LogP contribution in [-0.2, 0) is 43.3 Å². The average molecular weight is 805 g/mol. The van der Waals surface area contributed by atoms with Crippen LogP contribution in [0.1, 0.15) is 181 Å². The quantitative estimate of drug-likeness (QED) is 0.161. The molecule has 0 aromatic heterocycles. The lowest BCUT2D eigenvalue weighted by Crippen LogP contribution is -2.61. The van der Waals surface area contributed by atoms with E-state index in [1.807, 2.05) is 0 Å². The molecule has 5 aromatic rings. The van der Waals surface area contributed by atoms with E-state index in [1.165, 1.54) is 95.0 Å². The molecular weight excluding hydrogens is 735 g/mol. The third-order valence-electron chi connectivity index (χ3n) is 17.2. The van der Waals surface area contributed by atoms with Gasteiger partial charge in [-0.1, -0.05) is 141 Å². The van der Waals surface area contributed by atoms with Crippen molar-refractivity contribution in [1.82, 2.24) is 0 Å². The molecular formula is C58H69BN2. The van der Waals surface area contributed by atoms with Crippen LogP contribution in [0, 0.1) is 0 Å². The highest BCUT2D eigenvalue weighted by atomic mass is 15.2. The predicted molar refractivity (Wildman–Crippen MR) is 263 cm³/mol. The Balaban J connectivity index is 1.24. The first kappa shape index (κ1) is 39.6. The summed E-state index contributed by atoms with van der Waals surface area (Å²) in [4.78, 5) is 5.37. The minimum Gasteiger partial charge on any atom is -0.311 e. The third kappa shape index (κ3) is 5.22. The van der Waals surface area contributed by atoms with E-state index in [2.05, 4.69) is 199 Å². The number of hydrogen-bond acceptors (Lipinski definition) is 2. The Labute approximate surface area is 368 Å². The van der Waals surface area contributed by atoms with E-state index in [9.17, 15) is 0 Å². The minimum absolute atomic E-state index is 0.0826. The Hall–Kier alpha value is -4.24. The van der Waals surface area contributed by atoms with Crippen molar-refractivity contribution in [3.63, 3.8) is 0 Å². The molecule has 0 amide bonds. The van der Waals surface area contributed by atoms with E-state index in [0.717, 1.165) is 25.7 Å². The molecule has 11 rings (SSSR count). The number of benzene rings is 5. The molecule has 0 saturated carbocycles. The van der Waals surface area contributed by atoms with Crippen LogP contribution in [-0.4, -0.2) is 6.71 Å². The van der Waals surface area contributed by atoms with Crippen molar-refractivity contribution in [3.8, 4) is 0 Å². The van der Waals surface area contributed by atoms with E-state index in [4.69, 9.17) is 0 Å². The van der Waals surface area contributed by atoms with Crippen molar-refractivity contribution in [3.05, 3.63) is 123 Å². The summed E-state index contributed by atoms with van der Waals surface area (Å²) in [7, 11) is 0. The molecule has 61 heavy (non-hydrogen) atoms. The predicted octanol–water partition coefficient (Wildman–Crippen LogP) is 13.6. The topological polar surface area (TPSA) is 6.48 Å². The van der Waals surface area contributed by atoms with Gasteiger partial charge in [-0.3, -0.25) is 0 Å². The molecule has 314 valence electrons. The first-order chi connectivity index (χ1) is 28.2. The van der Waals surface area contributed by atoms with Crippen molar-refractivity contribution < 1.29 is 0 Å². The van der Waals surface area contributed by atoms with E-state index >= 15 is 0 Å². The summed E-state index contributed by atoms with van der Waals surface area (Å²) in [5.74, 6) is 0. The van der Waals surface area contributed by atoms with Gasteiger partial charge in [0.15, 0.2) is 0 Å². The minimum atomic E-state index is 0.0826. The van der Waals surface area contributed by atoms with Crippen molar-refractivity contribution in [1.29, 1.82) is 0 Å². The van der Waals surface area contributed by atoms with Crippen LogP contribution >= 0.6 is 0 Å². The zero-order chi connectivity index (χ0) is 43.6. The second kappa shape index (κ2) is 11.5. The fraction of sp³-hybridized carbons (Fsp3) is 0.483. The van der Waals surface area contributed by atoms with Crippen molar-refractivity contribution in [2.75, 3.05) is 9.80 Å². The summed E-state index contributed by atoms with van der Waals surface area (Å²) in [6.45, 7) is 39.6. The van der Waals surface area contributed by atoms with Crippen molar-refractivity contribution >= 4 is 57.2 Å². The van der Waals surface area contributed by atoms with Crippen LogP contribution < -0.4 is 26.2 Å². The summed E-state index contributed by atoms with van der Waals surface area (Å²) >= 11 is 0. The summed E-state index contributed by atoms with van der Waals surface area (Å²) in [6.07, 6.45) is 4.62. The van der Waals surface area contributed by atoms with Gasteiger partial charge in [-0.05, 0) is 178 Å². The molecule has 0 bridgehead atoms. The molecule has 0 atom stereocenters. The van der Waals surface area contributed by atoms with Crippen molar-refractivity contribution in [2.24, 2.45) is 0 Å². The van der Waals surface area contributed by atoms with Gasteiger partial charge in [-0.15, -0.1) is 0 Å². The highest BCUT2D eigenvalue weighted by Gasteiger charge is 2.51. The van der Waals surface area contributed by atoms with Gasteiger partial charge in [0.2, 0.25) is 0 Å². The standard InChI is InChI=1S/C58H69BN2/c1-51(2)30-53(5,6)38-24-34(20-22-36(38)51)60-46-18-17-19-47-50(46)59(44-26-40-42(28-48(44)60)57(13,14)32-55(40,9)10)45-27-41-43(58(15,16)33-56(41,11)12)29-49(45)61(47)35-21-23-37-39(25-35)54(7,8)31-52(37,3)4/h17-29H,30-33H2,1-16H3. The lowest BCUT2D eigenvalue weighted by atomic mass is 9.33. The fourth-order valence-electron chi connectivity index (χ4n) is 15.6. The molecule has 0 N–H and O–H groups in total. The normalized spacial score (nSPS) is 23.4. The lowest BCUT2D eigenvalue weighted by molar-refractivity contribution is 0.402. The van der Waals surface area contributed by atoms with E-state index in [-0.39, 0.29) is 50.0 Å². The average Bonchev–Trinajstić information content (AvgIpc) is 3.62. The van der Waals surface area contributed by atoms with Gasteiger partial charge >= 0.3 is 0 Å². The molecule has 6 aliphatic rings. The summed E-state index contributed by atoms with van der Waals surface area (Å²) < 4.78 is 0. The summed E-state index contributed by atoms with van der Waals surface area (Å²) in [5.41, 5.74) is 25.2. The maximum atomic E-state index is 2.69. The highest BCUT2D eigenvalue weighted by Crippen LogP contribution is 2.57. The maximum Gasteiger partial charge on any atom is 0.252 e. The SMILES string of the molecule is CC1(C)CC(C)(C)c2cc(N3c4cc5c(cc4B4c6cc7c(cc6N(c6ccc8c(c6)C(C)(C)CC8(C)C)c6cccc3c64)C(C)(C)CC7(C)C)C(C)(C)CC5(C)C)ccc21. The van der Waals surface area contributed by atoms with Gasteiger partial charge < -0.3 is 9.80 Å². The molecule has 0 saturated heterocycles. The van der Waals surface area contributed by atoms with Gasteiger partial charge in [0.1, 0.15) is 0 Å². The van der Waals surface area contributed by atoms with Crippen LogP contribution in [0.2, 0.25) is 0 Å². The first-order valence-electron chi connectivity index (χ1n) is 23.6. The highest BCUT2D eigenvalue weighted by molar-refractivity contribution is 7.00. The van der Waals surface area contributed by atoms with Gasteiger partial charge in [0, 0.05) is 34.1 Å². The molecule has 2 aliphatic heterocycles.